The lowest BCUT2D eigenvalue weighted by atomic mass is 11.4. The lowest BCUT2D eigenvalue weighted by Crippen LogP contribution is -1.93. The van der Waals surface area contributed by atoms with Crippen LogP contribution in [0.1, 0.15) is 0 Å². The lowest BCUT2D eigenvalue weighted by molar-refractivity contribution is 0.330. The van der Waals surface area contributed by atoms with Crippen molar-refractivity contribution in [3.63, 3.8) is 0 Å². The SMILES string of the molecule is O=P(O)(O)N1CN1. The molecule has 1 heterocycles. The molecule has 0 aliphatic carbocycles. The van der Waals surface area contributed by atoms with Gasteiger partial charge < -0.3 is 9.79 Å². The van der Waals surface area contributed by atoms with Crippen molar-refractivity contribution in [2.45, 2.75) is 0 Å². The van der Waals surface area contributed by atoms with Gasteiger partial charge >= 0.3 is 7.75 Å². The van der Waals surface area contributed by atoms with Crippen LogP contribution in [-0.2, 0) is 4.57 Å². The van der Waals surface area contributed by atoms with E-state index in [0.29, 0.717) is 6.67 Å². The van der Waals surface area contributed by atoms with E-state index in [9.17, 15) is 4.57 Å². The molecule has 5 nitrogen and oxygen atoms in total. The van der Waals surface area contributed by atoms with E-state index >= 15 is 0 Å². The Morgan fingerprint density at radius 1 is 1.71 bits per heavy atom. The molecule has 6 heteroatoms. The number of rotatable bonds is 1. The number of hydrogen-bond acceptors (Lipinski definition) is 2. The van der Waals surface area contributed by atoms with Crippen LogP contribution < -0.4 is 5.43 Å². The molecule has 1 saturated heterocycles. The number of hydrogen-bond donors (Lipinski definition) is 3. The predicted molar refractivity (Wildman–Crippen MR) is 21.9 cm³/mol. The smallest absolute Gasteiger partial charge is 0.312 e. The first-order valence-electron chi connectivity index (χ1n) is 1.68. The number of nitrogens with one attached hydrogen (secondary N) is 1. The van der Waals surface area contributed by atoms with Gasteiger partial charge in [-0.2, -0.15) is 0 Å². The van der Waals surface area contributed by atoms with Crippen LogP contribution >= 0.6 is 7.75 Å². The quantitative estimate of drug-likeness (QED) is 0.304. The third kappa shape index (κ3) is 1.22. The van der Waals surface area contributed by atoms with Gasteiger partial charge in [-0.3, -0.25) is 0 Å². The zero-order valence-corrected chi connectivity index (χ0v) is 4.30. The van der Waals surface area contributed by atoms with Crippen molar-refractivity contribution in [1.82, 2.24) is 10.2 Å². The molecule has 7 heavy (non-hydrogen) atoms. The van der Waals surface area contributed by atoms with Gasteiger partial charge in [0.1, 0.15) is 0 Å². The molecule has 1 fully saturated rings. The average Bonchev–Trinajstić information content (AvgIpc) is 1.99. The van der Waals surface area contributed by atoms with Gasteiger partial charge in [-0.1, -0.05) is 0 Å². The van der Waals surface area contributed by atoms with Crippen molar-refractivity contribution in [2.24, 2.45) is 0 Å². The van der Waals surface area contributed by atoms with E-state index in [1.54, 1.807) is 0 Å². The Morgan fingerprint density at radius 3 is 2.14 bits per heavy atom. The lowest BCUT2D eigenvalue weighted by Gasteiger charge is -1.96. The van der Waals surface area contributed by atoms with Gasteiger partial charge in [-0.25, -0.2) is 9.99 Å². The zero-order chi connectivity index (χ0) is 5.49. The summed E-state index contributed by atoms with van der Waals surface area (Å²) < 4.78 is 10.8. The van der Waals surface area contributed by atoms with Gasteiger partial charge in [0.2, 0.25) is 0 Å². The Kier molecular flexibility index (Phi) is 0.948. The van der Waals surface area contributed by atoms with Gasteiger partial charge in [0.25, 0.3) is 0 Å². The standard InChI is InChI=1S/CH5N2O3P/c4-7(5,6)3-1-2-3/h2H,1H2,(H2,4,5,6). The van der Waals surface area contributed by atoms with Gasteiger partial charge in [0.15, 0.2) is 0 Å². The summed E-state index contributed by atoms with van der Waals surface area (Å²) in [5.74, 6) is 0. The number of hydrazine groups is 1. The van der Waals surface area contributed by atoms with Crippen LogP contribution in [0.2, 0.25) is 0 Å². The minimum atomic E-state index is -3.90. The Hall–Kier alpha value is 0.0700. The molecule has 1 aliphatic heterocycles. The Bertz CT molecular complexity index is 114. The largest absolute Gasteiger partial charge is 0.417 e. The molecule has 1 unspecified atom stereocenters. The van der Waals surface area contributed by atoms with E-state index in [-0.39, 0.29) is 0 Å². The van der Waals surface area contributed by atoms with E-state index in [0.717, 1.165) is 4.78 Å². The van der Waals surface area contributed by atoms with E-state index in [1.165, 1.54) is 0 Å². The fraction of sp³-hybridized carbons (Fsp3) is 1.00. The molecule has 1 atom stereocenters. The summed E-state index contributed by atoms with van der Waals surface area (Å²) in [6.45, 7) is 0.296. The highest BCUT2D eigenvalue weighted by Crippen LogP contribution is 2.41. The van der Waals surface area contributed by atoms with Gasteiger partial charge in [0, 0.05) is 0 Å². The molecule has 0 radical (unpaired) electrons. The van der Waals surface area contributed by atoms with E-state index in [4.69, 9.17) is 9.79 Å². The molecule has 42 valence electrons. The molecule has 0 saturated carbocycles. The number of nitrogens with zero attached hydrogens (tertiary/aromatic N) is 1. The van der Waals surface area contributed by atoms with Crippen LogP contribution in [-0.4, -0.2) is 21.2 Å². The second-order valence-corrected chi connectivity index (χ2v) is 2.74. The summed E-state index contributed by atoms with van der Waals surface area (Å²) in [6.07, 6.45) is 0. The monoisotopic (exact) mass is 124 g/mol. The van der Waals surface area contributed by atoms with Crippen LogP contribution in [0.3, 0.4) is 0 Å². The maximum atomic E-state index is 9.95. The maximum Gasteiger partial charge on any atom is 0.417 e. The first-order valence-corrected chi connectivity index (χ1v) is 3.24. The van der Waals surface area contributed by atoms with Crippen molar-refractivity contribution >= 4 is 7.75 Å². The molecule has 0 spiro atoms. The summed E-state index contributed by atoms with van der Waals surface area (Å²) in [5, 5.41) is 0. The van der Waals surface area contributed by atoms with E-state index < -0.39 is 7.75 Å². The highest BCUT2D eigenvalue weighted by Gasteiger charge is 2.34. The molecule has 0 aromatic heterocycles. The first kappa shape index (κ1) is 5.21. The normalized spacial score (nSPS) is 30.3. The minimum Gasteiger partial charge on any atom is -0.312 e. The fourth-order valence-electron chi connectivity index (χ4n) is 0.216. The highest BCUT2D eigenvalue weighted by atomic mass is 31.2. The van der Waals surface area contributed by atoms with Gasteiger partial charge in [-0.15, -0.1) is 4.78 Å². The van der Waals surface area contributed by atoms with Crippen molar-refractivity contribution in [1.29, 1.82) is 0 Å². The van der Waals surface area contributed by atoms with Crippen LogP contribution in [0.25, 0.3) is 0 Å². The van der Waals surface area contributed by atoms with Crippen LogP contribution in [0.4, 0.5) is 0 Å². The van der Waals surface area contributed by atoms with E-state index in [1.807, 2.05) is 0 Å². The summed E-state index contributed by atoms with van der Waals surface area (Å²) in [5.41, 5.74) is 2.34. The maximum absolute atomic E-state index is 9.95. The average molecular weight is 124 g/mol. The third-order valence-electron chi connectivity index (χ3n) is 0.614. The predicted octanol–water partition coefficient (Wildman–Crippen LogP) is -1.14. The summed E-state index contributed by atoms with van der Waals surface area (Å²) in [4.78, 5) is 16.3. The zero-order valence-electron chi connectivity index (χ0n) is 3.40. The molecule has 1 rings (SSSR count). The van der Waals surface area contributed by atoms with Gasteiger partial charge in [0.05, 0.1) is 6.67 Å². The van der Waals surface area contributed by atoms with Crippen molar-refractivity contribution in [3.05, 3.63) is 0 Å². The molecule has 0 aromatic carbocycles. The van der Waals surface area contributed by atoms with Crippen LogP contribution in [0.5, 0.6) is 0 Å². The van der Waals surface area contributed by atoms with Crippen molar-refractivity contribution in [3.8, 4) is 0 Å². The van der Waals surface area contributed by atoms with Crippen molar-refractivity contribution in [2.75, 3.05) is 6.67 Å². The van der Waals surface area contributed by atoms with Crippen molar-refractivity contribution < 1.29 is 14.4 Å². The Morgan fingerprint density at radius 2 is 2.14 bits per heavy atom. The molecular formula is CH5N2O3P. The summed E-state index contributed by atoms with van der Waals surface area (Å²) in [6, 6.07) is 0. The molecule has 3 N–H and O–H groups in total. The minimum absolute atomic E-state index is 0.296. The molecular weight excluding hydrogens is 119 g/mol. The van der Waals surface area contributed by atoms with E-state index in [2.05, 4.69) is 5.43 Å². The highest BCUT2D eigenvalue weighted by molar-refractivity contribution is 7.49. The molecule has 0 amide bonds. The third-order valence-corrected chi connectivity index (χ3v) is 1.53. The summed E-state index contributed by atoms with van der Waals surface area (Å²) >= 11 is 0. The summed E-state index contributed by atoms with van der Waals surface area (Å²) in [7, 11) is -3.90. The second kappa shape index (κ2) is 1.27. The molecule has 1 aliphatic rings. The second-order valence-electron chi connectivity index (χ2n) is 1.23. The molecule has 0 aromatic rings. The Labute approximate surface area is 40.1 Å². The Balaban J connectivity index is 2.52. The van der Waals surface area contributed by atoms with Crippen LogP contribution in [0.15, 0.2) is 0 Å². The topological polar surface area (TPSA) is 82.5 Å². The fourth-order valence-corrected chi connectivity index (χ4v) is 0.648. The first-order chi connectivity index (χ1) is 3.11. The van der Waals surface area contributed by atoms with Crippen LogP contribution in [0, 0.1) is 0 Å². The van der Waals surface area contributed by atoms with Gasteiger partial charge in [-0.05, 0) is 0 Å². The molecule has 0 bridgehead atoms.